The van der Waals surface area contributed by atoms with Gasteiger partial charge in [-0.15, -0.1) is 0 Å². The number of hydrogen-bond acceptors (Lipinski definition) is 6. The maximum absolute atomic E-state index is 13.5. The van der Waals surface area contributed by atoms with Crippen LogP contribution in [0.1, 0.15) is 62.9 Å². The van der Waals surface area contributed by atoms with Gasteiger partial charge in [0.25, 0.3) is 5.79 Å². The molecule has 2 aromatic rings. The molecule has 0 atom stereocenters. The predicted octanol–water partition coefficient (Wildman–Crippen LogP) is 3.96. The van der Waals surface area contributed by atoms with E-state index in [1.54, 1.807) is 38.1 Å². The quantitative estimate of drug-likeness (QED) is 0.302. The Morgan fingerprint density at radius 3 is 2.36 bits per heavy atom. The third-order valence-corrected chi connectivity index (χ3v) is 6.36. The van der Waals surface area contributed by atoms with Crippen molar-refractivity contribution in [2.45, 2.75) is 58.7 Å². The summed E-state index contributed by atoms with van der Waals surface area (Å²) in [5, 5.41) is 19.7. The molecule has 1 heterocycles. The smallest absolute Gasteiger partial charge is 0.366 e. The fraction of sp³-hybridized carbons (Fsp3) is 0.458. The van der Waals surface area contributed by atoms with E-state index in [4.69, 9.17) is 0 Å². The summed E-state index contributed by atoms with van der Waals surface area (Å²) in [6.07, 6.45) is 5.22. The lowest BCUT2D eigenvalue weighted by atomic mass is 9.96. The molecule has 0 radical (unpaired) electrons. The maximum atomic E-state index is 13.5. The SMILES string of the molecule is CCOC(=O)C(O)(O)CCCC=Cc1c(-c2ccc(F)cc2)c(C)n(S(C)(=O)=O)c1C(C)C. The minimum Gasteiger partial charge on any atom is -0.462 e. The number of allylic oxidation sites excluding steroid dienone is 1. The van der Waals surface area contributed by atoms with Crippen molar-refractivity contribution in [2.75, 3.05) is 12.9 Å². The van der Waals surface area contributed by atoms with Gasteiger partial charge < -0.3 is 14.9 Å². The molecule has 1 aromatic heterocycles. The van der Waals surface area contributed by atoms with Gasteiger partial charge in [-0.2, -0.15) is 0 Å². The van der Waals surface area contributed by atoms with Crippen LogP contribution < -0.4 is 0 Å². The normalized spacial score (nSPS) is 12.6. The van der Waals surface area contributed by atoms with Gasteiger partial charge in [-0.3, -0.25) is 0 Å². The maximum Gasteiger partial charge on any atom is 0.366 e. The number of esters is 1. The molecular weight excluding hydrogens is 449 g/mol. The monoisotopic (exact) mass is 481 g/mol. The number of halogens is 1. The zero-order valence-electron chi connectivity index (χ0n) is 19.6. The molecule has 0 aliphatic rings. The number of benzene rings is 1. The molecule has 33 heavy (non-hydrogen) atoms. The van der Waals surface area contributed by atoms with Crippen molar-refractivity contribution in [3.05, 3.63) is 53.1 Å². The van der Waals surface area contributed by atoms with Crippen molar-refractivity contribution in [3.8, 4) is 11.1 Å². The Kier molecular flexibility index (Phi) is 8.62. The predicted molar refractivity (Wildman–Crippen MR) is 126 cm³/mol. The highest BCUT2D eigenvalue weighted by Gasteiger charge is 2.34. The van der Waals surface area contributed by atoms with Crippen molar-refractivity contribution < 1.29 is 32.6 Å². The van der Waals surface area contributed by atoms with Gasteiger partial charge >= 0.3 is 5.97 Å². The van der Waals surface area contributed by atoms with E-state index in [0.29, 0.717) is 34.5 Å². The largest absolute Gasteiger partial charge is 0.462 e. The number of rotatable bonds is 10. The molecule has 1 aromatic carbocycles. The van der Waals surface area contributed by atoms with Crippen LogP contribution in [0.4, 0.5) is 4.39 Å². The highest BCUT2D eigenvalue weighted by atomic mass is 32.2. The molecule has 2 N–H and O–H groups in total. The number of unbranched alkanes of at least 4 members (excludes halogenated alkanes) is 1. The summed E-state index contributed by atoms with van der Waals surface area (Å²) in [7, 11) is -3.61. The van der Waals surface area contributed by atoms with Crippen molar-refractivity contribution in [1.29, 1.82) is 0 Å². The van der Waals surface area contributed by atoms with Crippen molar-refractivity contribution >= 4 is 22.1 Å². The molecule has 182 valence electrons. The Labute approximate surface area is 194 Å². The minimum absolute atomic E-state index is 0.0441. The molecule has 9 heteroatoms. The first kappa shape index (κ1) is 26.8. The lowest BCUT2D eigenvalue weighted by Crippen LogP contribution is -2.39. The summed E-state index contributed by atoms with van der Waals surface area (Å²) in [5.74, 6) is -4.16. The minimum atomic E-state index is -3.61. The number of aromatic nitrogens is 1. The molecule has 0 saturated carbocycles. The Balaban J connectivity index is 2.44. The van der Waals surface area contributed by atoms with Crippen LogP contribution >= 0.6 is 0 Å². The van der Waals surface area contributed by atoms with Gasteiger partial charge in [-0.1, -0.05) is 38.1 Å². The molecule has 0 unspecified atom stereocenters. The second-order valence-electron chi connectivity index (χ2n) is 8.28. The number of carbonyl (C=O) groups is 1. The van der Waals surface area contributed by atoms with E-state index in [2.05, 4.69) is 4.74 Å². The van der Waals surface area contributed by atoms with Crippen LogP contribution in [0, 0.1) is 12.7 Å². The molecule has 2 rings (SSSR count). The molecule has 0 fully saturated rings. The Morgan fingerprint density at radius 2 is 1.85 bits per heavy atom. The molecular formula is C24H32FNO6S. The average molecular weight is 482 g/mol. The van der Waals surface area contributed by atoms with E-state index >= 15 is 0 Å². The lowest BCUT2D eigenvalue weighted by Gasteiger charge is -2.18. The summed E-state index contributed by atoms with van der Waals surface area (Å²) in [4.78, 5) is 11.6. The first-order valence-electron chi connectivity index (χ1n) is 10.8. The highest BCUT2D eigenvalue weighted by molar-refractivity contribution is 7.89. The van der Waals surface area contributed by atoms with Gasteiger partial charge in [0.05, 0.1) is 12.9 Å². The van der Waals surface area contributed by atoms with Gasteiger partial charge in [0.15, 0.2) is 0 Å². The van der Waals surface area contributed by atoms with E-state index in [-0.39, 0.29) is 25.4 Å². The molecule has 7 nitrogen and oxygen atoms in total. The Morgan fingerprint density at radius 1 is 1.24 bits per heavy atom. The second kappa shape index (κ2) is 10.6. The summed E-state index contributed by atoms with van der Waals surface area (Å²) in [6, 6.07) is 5.87. The highest BCUT2D eigenvalue weighted by Crippen LogP contribution is 2.38. The first-order valence-corrected chi connectivity index (χ1v) is 12.7. The average Bonchev–Trinajstić information content (AvgIpc) is 3.01. The fourth-order valence-electron chi connectivity index (χ4n) is 3.85. The van der Waals surface area contributed by atoms with E-state index < -0.39 is 27.6 Å². The van der Waals surface area contributed by atoms with E-state index in [1.165, 1.54) is 16.1 Å². The third-order valence-electron chi connectivity index (χ3n) is 5.22. The number of aliphatic hydroxyl groups is 2. The van der Waals surface area contributed by atoms with Crippen molar-refractivity contribution in [2.24, 2.45) is 0 Å². The van der Waals surface area contributed by atoms with E-state index in [0.717, 1.165) is 6.26 Å². The topological polar surface area (TPSA) is 106 Å². The number of hydrogen-bond donors (Lipinski definition) is 2. The summed E-state index contributed by atoms with van der Waals surface area (Å²) < 4.78 is 44.7. The molecule has 0 bridgehead atoms. The van der Waals surface area contributed by atoms with Crippen LogP contribution in [-0.4, -0.2) is 47.2 Å². The molecule has 0 amide bonds. The van der Waals surface area contributed by atoms with Crippen molar-refractivity contribution in [3.63, 3.8) is 0 Å². The van der Waals surface area contributed by atoms with Crippen LogP contribution in [0.5, 0.6) is 0 Å². The standard InChI is InChI=1S/C24H32FNO6S/c1-6-32-23(27)24(28,29)15-9-7-8-10-20-21(18-11-13-19(25)14-12-18)17(4)26(33(5,30)31)22(20)16(2)3/h8,10-14,16,28-29H,6-7,9,15H2,1-5H3. The van der Waals surface area contributed by atoms with Gasteiger partial charge in [0.2, 0.25) is 10.0 Å². The number of ether oxygens (including phenoxy) is 1. The summed E-state index contributed by atoms with van der Waals surface area (Å²) >= 11 is 0. The summed E-state index contributed by atoms with van der Waals surface area (Å²) in [6.45, 7) is 7.13. The number of nitrogens with zero attached hydrogens (tertiary/aromatic N) is 1. The van der Waals surface area contributed by atoms with Gasteiger partial charge in [-0.25, -0.2) is 21.6 Å². The number of carbonyl (C=O) groups excluding carboxylic acids is 1. The first-order chi connectivity index (χ1) is 15.3. The molecule has 0 aliphatic carbocycles. The summed E-state index contributed by atoms with van der Waals surface area (Å²) in [5.41, 5.74) is 3.20. The second-order valence-corrected chi connectivity index (χ2v) is 10.1. The Hall–Kier alpha value is -2.49. The van der Waals surface area contributed by atoms with E-state index in [9.17, 15) is 27.8 Å². The van der Waals surface area contributed by atoms with Crippen LogP contribution in [0.3, 0.4) is 0 Å². The molecule has 0 spiro atoms. The third kappa shape index (κ3) is 6.31. The molecule has 0 aliphatic heterocycles. The lowest BCUT2D eigenvalue weighted by molar-refractivity contribution is -0.211. The van der Waals surface area contributed by atoms with Gasteiger partial charge in [-0.05, 0) is 50.3 Å². The molecule has 0 saturated heterocycles. The van der Waals surface area contributed by atoms with Gasteiger partial charge in [0, 0.05) is 28.9 Å². The zero-order chi connectivity index (χ0) is 25.0. The van der Waals surface area contributed by atoms with Crippen LogP contribution in [-0.2, 0) is 19.6 Å². The van der Waals surface area contributed by atoms with Crippen LogP contribution in [0.15, 0.2) is 30.3 Å². The van der Waals surface area contributed by atoms with Gasteiger partial charge in [0.1, 0.15) is 5.82 Å². The van der Waals surface area contributed by atoms with E-state index in [1.807, 2.05) is 13.8 Å². The van der Waals surface area contributed by atoms with Crippen molar-refractivity contribution in [1.82, 2.24) is 3.97 Å². The van der Waals surface area contributed by atoms with Crippen LogP contribution in [0.2, 0.25) is 0 Å². The fourth-order valence-corrected chi connectivity index (χ4v) is 5.11. The Bertz CT molecular complexity index is 1110. The zero-order valence-corrected chi connectivity index (χ0v) is 20.4. The van der Waals surface area contributed by atoms with Crippen LogP contribution in [0.25, 0.3) is 17.2 Å².